The third-order valence-corrected chi connectivity index (χ3v) is 4.08. The van der Waals surface area contributed by atoms with Gasteiger partial charge in [0.25, 0.3) is 0 Å². The molecule has 0 saturated heterocycles. The quantitative estimate of drug-likeness (QED) is 0.890. The van der Waals surface area contributed by atoms with Gasteiger partial charge in [-0.2, -0.15) is 0 Å². The number of rotatable bonds is 5. The molecule has 0 aliphatic rings. The largest absolute Gasteiger partial charge is 0.366 e. The van der Waals surface area contributed by atoms with E-state index in [1.165, 1.54) is 18.2 Å². The van der Waals surface area contributed by atoms with Gasteiger partial charge in [0, 0.05) is 28.7 Å². The highest BCUT2D eigenvalue weighted by atomic mass is 32.1. The molecule has 1 atom stereocenters. The molecule has 1 amide bonds. The van der Waals surface area contributed by atoms with E-state index >= 15 is 0 Å². The van der Waals surface area contributed by atoms with Gasteiger partial charge in [-0.1, -0.05) is 0 Å². The third kappa shape index (κ3) is 3.40. The molecule has 0 aliphatic heterocycles. The number of carbonyl (C=O) groups is 1. The second kappa shape index (κ2) is 6.11. The lowest BCUT2D eigenvalue weighted by atomic mass is 10.1. The number of carbonyl (C=O) groups excluding carboxylic acids is 1. The maximum atomic E-state index is 13.7. The van der Waals surface area contributed by atoms with Crippen molar-refractivity contribution in [2.45, 2.75) is 26.4 Å². The van der Waals surface area contributed by atoms with Gasteiger partial charge < -0.3 is 11.1 Å². The number of nitrogens with one attached hydrogen (secondary N) is 1. The summed E-state index contributed by atoms with van der Waals surface area (Å²) in [5.74, 6) is -0.917. The Labute approximate surface area is 120 Å². The number of benzene rings is 1. The van der Waals surface area contributed by atoms with Crippen molar-refractivity contribution in [3.63, 3.8) is 0 Å². The lowest BCUT2D eigenvalue weighted by Gasteiger charge is -2.12. The summed E-state index contributed by atoms with van der Waals surface area (Å²) in [4.78, 5) is 15.5. The molecule has 1 aromatic heterocycles. The minimum absolute atomic E-state index is 0.0188. The second-order valence-corrected chi connectivity index (χ2v) is 5.49. The van der Waals surface area contributed by atoms with E-state index in [9.17, 15) is 9.18 Å². The molecule has 4 nitrogen and oxygen atoms in total. The Balaban J connectivity index is 2.06. The van der Waals surface area contributed by atoms with Gasteiger partial charge in [0.1, 0.15) is 10.8 Å². The van der Waals surface area contributed by atoms with Crippen LogP contribution in [0.5, 0.6) is 0 Å². The van der Waals surface area contributed by atoms with Crippen molar-refractivity contribution in [1.29, 1.82) is 0 Å². The lowest BCUT2D eigenvalue weighted by Crippen LogP contribution is -2.19. The Morgan fingerprint density at radius 3 is 2.90 bits per heavy atom. The fourth-order valence-corrected chi connectivity index (χ4v) is 2.61. The number of aryl methyl sites for hydroxylation is 1. The highest BCUT2D eigenvalue weighted by Crippen LogP contribution is 2.18. The van der Waals surface area contributed by atoms with Gasteiger partial charge in [-0.3, -0.25) is 4.79 Å². The van der Waals surface area contributed by atoms with Crippen molar-refractivity contribution in [2.24, 2.45) is 5.73 Å². The van der Waals surface area contributed by atoms with Crippen molar-refractivity contribution in [1.82, 2.24) is 10.3 Å². The lowest BCUT2D eigenvalue weighted by molar-refractivity contribution is 0.1000. The van der Waals surface area contributed by atoms with Crippen molar-refractivity contribution in [2.75, 3.05) is 0 Å². The van der Waals surface area contributed by atoms with Gasteiger partial charge in [-0.05, 0) is 32.0 Å². The van der Waals surface area contributed by atoms with E-state index in [2.05, 4.69) is 10.3 Å². The molecule has 1 aromatic carbocycles. The van der Waals surface area contributed by atoms with Crippen LogP contribution in [0.4, 0.5) is 4.39 Å². The van der Waals surface area contributed by atoms with E-state index in [1.54, 1.807) is 11.3 Å². The molecule has 3 N–H and O–H groups in total. The Morgan fingerprint density at radius 2 is 2.30 bits per heavy atom. The number of hydrogen-bond acceptors (Lipinski definition) is 4. The van der Waals surface area contributed by atoms with E-state index in [1.807, 2.05) is 19.2 Å². The number of amides is 1. The van der Waals surface area contributed by atoms with Crippen molar-refractivity contribution in [3.8, 4) is 0 Å². The molecule has 2 aromatic rings. The van der Waals surface area contributed by atoms with Crippen LogP contribution in [0, 0.1) is 12.7 Å². The molecule has 1 unspecified atom stereocenters. The maximum absolute atomic E-state index is 13.7. The number of nitrogens with two attached hydrogens (primary N) is 1. The Morgan fingerprint density at radius 1 is 1.55 bits per heavy atom. The molecular formula is C14H16FN3OS. The van der Waals surface area contributed by atoms with E-state index in [0.717, 1.165) is 10.7 Å². The first-order chi connectivity index (χ1) is 9.47. The molecule has 2 rings (SSSR count). The summed E-state index contributed by atoms with van der Waals surface area (Å²) in [6, 6.07) is 4.14. The highest BCUT2D eigenvalue weighted by Gasteiger charge is 2.11. The van der Waals surface area contributed by atoms with E-state index in [-0.39, 0.29) is 11.9 Å². The van der Waals surface area contributed by atoms with Gasteiger partial charge in [0.2, 0.25) is 5.91 Å². The molecule has 6 heteroatoms. The molecule has 1 heterocycles. The van der Waals surface area contributed by atoms with Crippen LogP contribution in [0.15, 0.2) is 23.6 Å². The standard InChI is InChI=1S/C14H16FN3OS/c1-8-7-20-14(18-8)9(2)17-6-11-5-10(13(16)19)3-4-12(11)15/h3-5,7,9,17H,6H2,1-2H3,(H2,16,19). The van der Waals surface area contributed by atoms with Gasteiger partial charge in [-0.25, -0.2) is 9.37 Å². The van der Waals surface area contributed by atoms with E-state index in [0.29, 0.717) is 17.7 Å². The summed E-state index contributed by atoms with van der Waals surface area (Å²) in [6.07, 6.45) is 0. The molecule has 0 saturated carbocycles. The zero-order chi connectivity index (χ0) is 14.7. The topological polar surface area (TPSA) is 68.0 Å². The van der Waals surface area contributed by atoms with Gasteiger partial charge in [-0.15, -0.1) is 11.3 Å². The minimum Gasteiger partial charge on any atom is -0.366 e. The smallest absolute Gasteiger partial charge is 0.248 e. The van der Waals surface area contributed by atoms with Crippen LogP contribution in [-0.4, -0.2) is 10.9 Å². The average molecular weight is 293 g/mol. The summed E-state index contributed by atoms with van der Waals surface area (Å²) in [7, 11) is 0. The molecular weight excluding hydrogens is 277 g/mol. The summed E-state index contributed by atoms with van der Waals surface area (Å²) in [6.45, 7) is 4.21. The van der Waals surface area contributed by atoms with Crippen LogP contribution in [0.2, 0.25) is 0 Å². The van der Waals surface area contributed by atoms with Crippen LogP contribution in [0.25, 0.3) is 0 Å². The Bertz CT molecular complexity index is 627. The van der Waals surface area contributed by atoms with Crippen LogP contribution in [0.3, 0.4) is 0 Å². The fourth-order valence-electron chi connectivity index (χ4n) is 1.78. The highest BCUT2D eigenvalue weighted by molar-refractivity contribution is 7.09. The molecule has 0 aliphatic carbocycles. The summed E-state index contributed by atoms with van der Waals surface area (Å²) in [5.41, 5.74) is 6.89. The zero-order valence-electron chi connectivity index (χ0n) is 11.3. The number of nitrogens with zero attached hydrogens (tertiary/aromatic N) is 1. The molecule has 0 spiro atoms. The fraction of sp³-hybridized carbons (Fsp3) is 0.286. The van der Waals surface area contributed by atoms with Crippen molar-refractivity contribution >= 4 is 17.2 Å². The predicted octanol–water partition coefficient (Wildman–Crippen LogP) is 2.54. The molecule has 0 bridgehead atoms. The minimum atomic E-state index is -0.560. The Hall–Kier alpha value is -1.79. The number of hydrogen-bond donors (Lipinski definition) is 2. The summed E-state index contributed by atoms with van der Waals surface area (Å²) >= 11 is 1.56. The first kappa shape index (κ1) is 14.6. The third-order valence-electron chi connectivity index (χ3n) is 2.94. The van der Waals surface area contributed by atoms with E-state index in [4.69, 9.17) is 5.73 Å². The molecule has 0 radical (unpaired) electrons. The first-order valence-electron chi connectivity index (χ1n) is 6.21. The van der Waals surface area contributed by atoms with Gasteiger partial charge in [0.05, 0.1) is 6.04 Å². The number of aromatic nitrogens is 1. The van der Waals surface area contributed by atoms with Crippen LogP contribution < -0.4 is 11.1 Å². The normalized spacial score (nSPS) is 12.3. The zero-order valence-corrected chi connectivity index (χ0v) is 12.1. The summed E-state index contributed by atoms with van der Waals surface area (Å²) in [5, 5.41) is 6.12. The van der Waals surface area contributed by atoms with Gasteiger partial charge in [0.15, 0.2) is 0 Å². The average Bonchev–Trinajstić information content (AvgIpc) is 2.84. The van der Waals surface area contributed by atoms with Crippen LogP contribution in [-0.2, 0) is 6.54 Å². The first-order valence-corrected chi connectivity index (χ1v) is 7.09. The van der Waals surface area contributed by atoms with E-state index < -0.39 is 5.91 Å². The number of thiazole rings is 1. The van der Waals surface area contributed by atoms with Gasteiger partial charge >= 0.3 is 0 Å². The number of primary amides is 1. The second-order valence-electron chi connectivity index (χ2n) is 4.60. The van der Waals surface area contributed by atoms with Crippen LogP contribution in [0.1, 0.15) is 39.6 Å². The molecule has 20 heavy (non-hydrogen) atoms. The summed E-state index contributed by atoms with van der Waals surface area (Å²) < 4.78 is 13.7. The Kier molecular flexibility index (Phi) is 4.46. The number of halogens is 1. The maximum Gasteiger partial charge on any atom is 0.248 e. The SMILES string of the molecule is Cc1csc(C(C)NCc2cc(C(N)=O)ccc2F)n1. The monoisotopic (exact) mass is 293 g/mol. The van der Waals surface area contributed by atoms with Crippen molar-refractivity contribution < 1.29 is 9.18 Å². The molecule has 0 fully saturated rings. The van der Waals surface area contributed by atoms with Crippen LogP contribution >= 0.6 is 11.3 Å². The van der Waals surface area contributed by atoms with Crippen molar-refractivity contribution in [3.05, 3.63) is 51.2 Å². The predicted molar refractivity (Wildman–Crippen MR) is 77.0 cm³/mol. The molecule has 106 valence electrons.